The van der Waals surface area contributed by atoms with Gasteiger partial charge in [0.2, 0.25) is 5.91 Å². The van der Waals surface area contributed by atoms with E-state index >= 15 is 0 Å². The van der Waals surface area contributed by atoms with Gasteiger partial charge in [-0.2, -0.15) is 0 Å². The standard InChI is InChI=1S/C22H29ClN4O4/c23-18-12-16(27-10-11-31-21(27)30)13-24-19(18)25-8-1-6-22(14-25)7-9-26(20(22)29)15-2-4-17(28)5-3-15/h12-13,15,17,28H,1-11,14H2/t15-,17+,22-/m0/s1. The van der Waals surface area contributed by atoms with Gasteiger partial charge in [-0.15, -0.1) is 0 Å². The summed E-state index contributed by atoms with van der Waals surface area (Å²) in [6, 6.07) is 2.01. The lowest BCUT2D eigenvalue weighted by atomic mass is 9.78. The highest BCUT2D eigenvalue weighted by atomic mass is 35.5. The molecule has 0 aromatic carbocycles. The topological polar surface area (TPSA) is 86.2 Å². The van der Waals surface area contributed by atoms with E-state index in [-0.39, 0.29) is 29.6 Å². The first-order valence-electron chi connectivity index (χ1n) is 11.3. The van der Waals surface area contributed by atoms with Crippen LogP contribution < -0.4 is 9.80 Å². The highest BCUT2D eigenvalue weighted by Gasteiger charge is 2.51. The van der Waals surface area contributed by atoms with Gasteiger partial charge in [-0.25, -0.2) is 9.78 Å². The molecular formula is C22H29ClN4O4. The van der Waals surface area contributed by atoms with E-state index in [1.165, 1.54) is 4.90 Å². The Labute approximate surface area is 187 Å². The van der Waals surface area contributed by atoms with Crippen LogP contribution in [0.1, 0.15) is 44.9 Å². The normalized spacial score (nSPS) is 31.6. The van der Waals surface area contributed by atoms with Crippen molar-refractivity contribution in [3.8, 4) is 0 Å². The Morgan fingerprint density at radius 3 is 2.65 bits per heavy atom. The molecule has 3 saturated heterocycles. The van der Waals surface area contributed by atoms with Crippen molar-refractivity contribution in [2.45, 2.75) is 57.1 Å². The number of hydrogen-bond acceptors (Lipinski definition) is 6. The lowest BCUT2D eigenvalue weighted by Crippen LogP contribution is -2.50. The molecule has 2 amide bonds. The Balaban J connectivity index is 1.31. The van der Waals surface area contributed by atoms with Crippen LogP contribution in [0.25, 0.3) is 0 Å². The Hall–Kier alpha value is -2.06. The van der Waals surface area contributed by atoms with Gasteiger partial charge in [-0.3, -0.25) is 9.69 Å². The summed E-state index contributed by atoms with van der Waals surface area (Å²) in [5.41, 5.74) is 0.252. The summed E-state index contributed by atoms with van der Waals surface area (Å²) in [5.74, 6) is 0.926. The van der Waals surface area contributed by atoms with Gasteiger partial charge in [-0.05, 0) is 51.0 Å². The first-order chi connectivity index (χ1) is 15.0. The summed E-state index contributed by atoms with van der Waals surface area (Å²) in [5, 5.41) is 10.3. The molecule has 0 unspecified atom stereocenters. The van der Waals surface area contributed by atoms with E-state index in [2.05, 4.69) is 14.8 Å². The maximum Gasteiger partial charge on any atom is 0.414 e. The van der Waals surface area contributed by atoms with Crippen LogP contribution in [0.5, 0.6) is 0 Å². The summed E-state index contributed by atoms with van der Waals surface area (Å²) < 4.78 is 5.00. The Morgan fingerprint density at radius 2 is 1.94 bits per heavy atom. The monoisotopic (exact) mass is 448 g/mol. The second-order valence-corrected chi connectivity index (χ2v) is 9.69. The van der Waals surface area contributed by atoms with Crippen LogP contribution in [0, 0.1) is 5.41 Å². The number of anilines is 2. The number of likely N-dealkylation sites (tertiary alicyclic amines) is 1. The minimum absolute atomic E-state index is 0.216. The van der Waals surface area contributed by atoms with E-state index < -0.39 is 0 Å². The molecule has 9 heteroatoms. The van der Waals surface area contributed by atoms with Gasteiger partial charge in [-0.1, -0.05) is 11.6 Å². The van der Waals surface area contributed by atoms with Crippen LogP contribution >= 0.6 is 11.6 Å². The van der Waals surface area contributed by atoms with Gasteiger partial charge in [0, 0.05) is 25.7 Å². The molecule has 4 heterocycles. The molecule has 5 rings (SSSR count). The van der Waals surface area contributed by atoms with E-state index in [9.17, 15) is 14.7 Å². The molecule has 31 heavy (non-hydrogen) atoms. The lowest BCUT2D eigenvalue weighted by molar-refractivity contribution is -0.139. The summed E-state index contributed by atoms with van der Waals surface area (Å²) in [7, 11) is 0. The quantitative estimate of drug-likeness (QED) is 0.765. The number of aliphatic hydroxyl groups excluding tert-OH is 1. The number of carbonyl (C=O) groups excluding carboxylic acids is 2. The van der Waals surface area contributed by atoms with Crippen molar-refractivity contribution in [1.82, 2.24) is 9.88 Å². The average Bonchev–Trinajstić information content (AvgIpc) is 3.33. The SMILES string of the molecule is O=C1OCCN1c1cnc(N2CCC[C@]3(CCN([C@H]4CC[C@@H](O)CC4)C3=O)C2)c(Cl)c1. The van der Waals surface area contributed by atoms with E-state index in [0.717, 1.165) is 58.0 Å². The zero-order chi connectivity index (χ0) is 21.6. The van der Waals surface area contributed by atoms with Crippen molar-refractivity contribution >= 4 is 35.1 Å². The van der Waals surface area contributed by atoms with Crippen molar-refractivity contribution in [2.24, 2.45) is 5.41 Å². The number of hydrogen-bond donors (Lipinski definition) is 1. The highest BCUT2D eigenvalue weighted by Crippen LogP contribution is 2.44. The maximum atomic E-state index is 13.5. The number of halogens is 1. The molecule has 1 N–H and O–H groups in total. The lowest BCUT2D eigenvalue weighted by Gasteiger charge is -2.41. The molecular weight excluding hydrogens is 420 g/mol. The molecule has 4 aliphatic rings. The number of rotatable bonds is 3. The summed E-state index contributed by atoms with van der Waals surface area (Å²) in [6.07, 6.45) is 7.07. The molecule has 1 atom stereocenters. The van der Waals surface area contributed by atoms with Gasteiger partial charge in [0.15, 0.2) is 0 Å². The predicted octanol–water partition coefficient (Wildman–Crippen LogP) is 2.81. The molecule has 4 fully saturated rings. The molecule has 1 aliphatic carbocycles. The van der Waals surface area contributed by atoms with Crippen LogP contribution in [0.2, 0.25) is 5.02 Å². The van der Waals surface area contributed by atoms with Gasteiger partial charge >= 0.3 is 6.09 Å². The van der Waals surface area contributed by atoms with Crippen molar-refractivity contribution in [2.75, 3.05) is 42.6 Å². The van der Waals surface area contributed by atoms with E-state index in [1.54, 1.807) is 12.3 Å². The fourth-order valence-corrected chi connectivity index (χ4v) is 5.97. The number of carbonyl (C=O) groups is 2. The largest absolute Gasteiger partial charge is 0.447 e. The Kier molecular flexibility index (Phi) is 5.46. The molecule has 0 bridgehead atoms. The highest BCUT2D eigenvalue weighted by molar-refractivity contribution is 6.33. The van der Waals surface area contributed by atoms with Gasteiger partial charge in [0.1, 0.15) is 12.4 Å². The minimum atomic E-state index is -0.380. The molecule has 1 aromatic rings. The molecule has 168 valence electrons. The number of piperidine rings is 1. The first-order valence-corrected chi connectivity index (χ1v) is 11.7. The third-order valence-corrected chi connectivity index (χ3v) is 7.69. The smallest absolute Gasteiger partial charge is 0.414 e. The zero-order valence-electron chi connectivity index (χ0n) is 17.6. The van der Waals surface area contributed by atoms with Crippen molar-refractivity contribution in [3.05, 3.63) is 17.3 Å². The number of amides is 2. The van der Waals surface area contributed by atoms with E-state index in [1.807, 2.05) is 0 Å². The number of aliphatic hydroxyl groups is 1. The van der Waals surface area contributed by atoms with Crippen molar-refractivity contribution in [3.63, 3.8) is 0 Å². The van der Waals surface area contributed by atoms with Crippen LogP contribution in [-0.2, 0) is 9.53 Å². The van der Waals surface area contributed by atoms with E-state index in [0.29, 0.717) is 36.2 Å². The van der Waals surface area contributed by atoms with Crippen molar-refractivity contribution < 1.29 is 19.4 Å². The van der Waals surface area contributed by atoms with Crippen LogP contribution in [0.4, 0.5) is 16.3 Å². The second kappa shape index (κ2) is 8.13. The molecule has 1 saturated carbocycles. The first kappa shape index (κ1) is 20.8. The number of nitrogens with zero attached hydrogens (tertiary/aromatic N) is 4. The third-order valence-electron chi connectivity index (χ3n) is 7.41. The summed E-state index contributed by atoms with van der Waals surface area (Å²) >= 11 is 6.58. The number of ether oxygens (including phenoxy) is 1. The third kappa shape index (κ3) is 3.74. The van der Waals surface area contributed by atoms with Gasteiger partial charge in [0.05, 0.1) is 35.0 Å². The maximum absolute atomic E-state index is 13.5. The predicted molar refractivity (Wildman–Crippen MR) is 116 cm³/mol. The van der Waals surface area contributed by atoms with Gasteiger partial charge < -0.3 is 19.6 Å². The minimum Gasteiger partial charge on any atom is -0.447 e. The molecule has 1 aromatic heterocycles. The molecule has 1 spiro atoms. The van der Waals surface area contributed by atoms with Crippen molar-refractivity contribution in [1.29, 1.82) is 0 Å². The van der Waals surface area contributed by atoms with E-state index in [4.69, 9.17) is 16.3 Å². The number of cyclic esters (lactones) is 1. The fourth-order valence-electron chi connectivity index (χ4n) is 5.69. The van der Waals surface area contributed by atoms with Crippen LogP contribution in [0.15, 0.2) is 12.3 Å². The van der Waals surface area contributed by atoms with Gasteiger partial charge in [0.25, 0.3) is 0 Å². The van der Waals surface area contributed by atoms with Crippen LogP contribution in [-0.4, -0.2) is 71.9 Å². The molecule has 0 radical (unpaired) electrons. The second-order valence-electron chi connectivity index (χ2n) is 9.28. The fraction of sp³-hybridized carbons (Fsp3) is 0.682. The number of aromatic nitrogens is 1. The summed E-state index contributed by atoms with van der Waals surface area (Å²) in [6.45, 7) is 3.08. The Morgan fingerprint density at radius 1 is 1.13 bits per heavy atom. The average molecular weight is 449 g/mol. The molecule has 8 nitrogen and oxygen atoms in total. The summed E-state index contributed by atoms with van der Waals surface area (Å²) in [4.78, 5) is 35.6. The Bertz CT molecular complexity index is 875. The zero-order valence-corrected chi connectivity index (χ0v) is 18.4. The van der Waals surface area contributed by atoms with Crippen LogP contribution in [0.3, 0.4) is 0 Å². The number of pyridine rings is 1. The molecule has 3 aliphatic heterocycles.